The molecular weight excluding hydrogens is 256 g/mol. The standard InChI is InChI=1S/C15H20N2O3/c1-10(12-7-16-8-12)15(18)17-9-11-6-13(19-2)4-5-14(11)20-3/h4-6,16H,7-9H2,1-3H3,(H,17,18). The first-order valence-electron chi connectivity index (χ1n) is 6.54. The van der Waals surface area contributed by atoms with E-state index in [1.165, 1.54) is 5.57 Å². The van der Waals surface area contributed by atoms with Crippen molar-refractivity contribution in [2.75, 3.05) is 27.3 Å². The zero-order valence-electron chi connectivity index (χ0n) is 12.1. The Morgan fingerprint density at radius 3 is 2.60 bits per heavy atom. The Labute approximate surface area is 119 Å². The number of carbonyl (C=O) groups is 1. The number of nitrogens with one attached hydrogen (secondary N) is 2. The van der Waals surface area contributed by atoms with Gasteiger partial charge in [-0.05, 0) is 30.7 Å². The van der Waals surface area contributed by atoms with Gasteiger partial charge >= 0.3 is 0 Å². The summed E-state index contributed by atoms with van der Waals surface area (Å²) in [6.07, 6.45) is 0. The minimum absolute atomic E-state index is 0.0358. The maximum atomic E-state index is 12.0. The molecule has 0 radical (unpaired) electrons. The maximum Gasteiger partial charge on any atom is 0.247 e. The third kappa shape index (κ3) is 3.11. The van der Waals surface area contributed by atoms with Crippen LogP contribution in [0.3, 0.4) is 0 Å². The van der Waals surface area contributed by atoms with Gasteiger partial charge in [0.15, 0.2) is 0 Å². The molecule has 1 aromatic rings. The molecule has 0 aliphatic carbocycles. The average Bonchev–Trinajstić information content (AvgIpc) is 2.42. The molecule has 0 spiro atoms. The van der Waals surface area contributed by atoms with E-state index in [0.29, 0.717) is 6.54 Å². The number of ether oxygens (including phenoxy) is 2. The fourth-order valence-electron chi connectivity index (χ4n) is 2.00. The van der Waals surface area contributed by atoms with Gasteiger partial charge in [-0.25, -0.2) is 0 Å². The van der Waals surface area contributed by atoms with Crippen LogP contribution >= 0.6 is 0 Å². The second kappa shape index (κ2) is 6.43. The van der Waals surface area contributed by atoms with E-state index < -0.39 is 0 Å². The maximum absolute atomic E-state index is 12.0. The fourth-order valence-corrected chi connectivity index (χ4v) is 2.00. The average molecular weight is 276 g/mol. The lowest BCUT2D eigenvalue weighted by Gasteiger charge is -2.21. The number of carbonyl (C=O) groups excluding carboxylic acids is 1. The molecule has 0 saturated carbocycles. The monoisotopic (exact) mass is 276 g/mol. The van der Waals surface area contributed by atoms with Gasteiger partial charge in [0.05, 0.1) is 14.2 Å². The van der Waals surface area contributed by atoms with E-state index in [0.717, 1.165) is 35.7 Å². The van der Waals surface area contributed by atoms with Crippen molar-refractivity contribution in [1.82, 2.24) is 10.6 Å². The second-order valence-corrected chi connectivity index (χ2v) is 4.69. The first-order chi connectivity index (χ1) is 9.65. The molecule has 1 aromatic carbocycles. The summed E-state index contributed by atoms with van der Waals surface area (Å²) in [6, 6.07) is 5.53. The molecule has 108 valence electrons. The zero-order chi connectivity index (χ0) is 14.5. The summed E-state index contributed by atoms with van der Waals surface area (Å²) in [4.78, 5) is 12.0. The lowest BCUT2D eigenvalue weighted by atomic mass is 10.0. The molecule has 1 aliphatic rings. The molecule has 20 heavy (non-hydrogen) atoms. The van der Waals surface area contributed by atoms with E-state index in [1.54, 1.807) is 14.2 Å². The van der Waals surface area contributed by atoms with Crippen LogP contribution in [-0.4, -0.2) is 33.2 Å². The normalized spacial score (nSPS) is 13.4. The van der Waals surface area contributed by atoms with Crippen molar-refractivity contribution in [3.05, 3.63) is 34.9 Å². The summed E-state index contributed by atoms with van der Waals surface area (Å²) < 4.78 is 10.5. The lowest BCUT2D eigenvalue weighted by Crippen LogP contribution is -2.37. The molecule has 1 amide bonds. The molecule has 1 fully saturated rings. The highest BCUT2D eigenvalue weighted by atomic mass is 16.5. The van der Waals surface area contributed by atoms with Crippen molar-refractivity contribution in [2.24, 2.45) is 0 Å². The number of hydrogen-bond donors (Lipinski definition) is 2. The molecule has 2 rings (SSSR count). The Bertz CT molecular complexity index is 532. The first-order valence-corrected chi connectivity index (χ1v) is 6.54. The van der Waals surface area contributed by atoms with Crippen molar-refractivity contribution in [3.63, 3.8) is 0 Å². The van der Waals surface area contributed by atoms with E-state index in [2.05, 4.69) is 10.6 Å². The molecule has 5 heteroatoms. The highest BCUT2D eigenvalue weighted by Gasteiger charge is 2.16. The molecule has 0 atom stereocenters. The third-order valence-corrected chi connectivity index (χ3v) is 3.47. The summed E-state index contributed by atoms with van der Waals surface area (Å²) in [6.45, 7) is 3.88. The Morgan fingerprint density at radius 1 is 1.30 bits per heavy atom. The van der Waals surface area contributed by atoms with Crippen molar-refractivity contribution < 1.29 is 14.3 Å². The SMILES string of the molecule is COc1ccc(OC)c(CNC(=O)C(C)=C2CNC2)c1. The van der Waals surface area contributed by atoms with E-state index in [-0.39, 0.29) is 5.91 Å². The largest absolute Gasteiger partial charge is 0.497 e. The van der Waals surface area contributed by atoms with Crippen LogP contribution in [0.25, 0.3) is 0 Å². The molecule has 1 saturated heterocycles. The van der Waals surface area contributed by atoms with Gasteiger partial charge in [-0.2, -0.15) is 0 Å². The van der Waals surface area contributed by atoms with E-state index in [1.807, 2.05) is 25.1 Å². The minimum atomic E-state index is -0.0358. The number of amides is 1. The van der Waals surface area contributed by atoms with Crippen LogP contribution in [0.2, 0.25) is 0 Å². The number of benzene rings is 1. The van der Waals surface area contributed by atoms with Crippen molar-refractivity contribution in [3.8, 4) is 11.5 Å². The highest BCUT2D eigenvalue weighted by molar-refractivity contribution is 5.93. The molecular formula is C15H20N2O3. The topological polar surface area (TPSA) is 59.6 Å². The fraction of sp³-hybridized carbons (Fsp3) is 0.400. The smallest absolute Gasteiger partial charge is 0.247 e. The van der Waals surface area contributed by atoms with Gasteiger partial charge in [0, 0.05) is 30.8 Å². The summed E-state index contributed by atoms with van der Waals surface area (Å²) in [5.41, 5.74) is 2.86. The molecule has 0 aromatic heterocycles. The predicted octanol–water partition coefficient (Wildman–Crippen LogP) is 1.24. The van der Waals surface area contributed by atoms with E-state index in [9.17, 15) is 4.79 Å². The summed E-state index contributed by atoms with van der Waals surface area (Å²) in [5.74, 6) is 1.45. The van der Waals surface area contributed by atoms with Crippen LogP contribution in [0.5, 0.6) is 11.5 Å². The van der Waals surface area contributed by atoms with Gasteiger partial charge in [-0.3, -0.25) is 4.79 Å². The van der Waals surface area contributed by atoms with Crippen molar-refractivity contribution >= 4 is 5.91 Å². The molecule has 2 N–H and O–H groups in total. The van der Waals surface area contributed by atoms with Gasteiger partial charge in [-0.15, -0.1) is 0 Å². The highest BCUT2D eigenvalue weighted by Crippen LogP contribution is 2.23. The Hall–Kier alpha value is -2.01. The van der Waals surface area contributed by atoms with Crippen LogP contribution in [0.15, 0.2) is 29.3 Å². The zero-order valence-corrected chi connectivity index (χ0v) is 12.1. The van der Waals surface area contributed by atoms with Gasteiger partial charge < -0.3 is 20.1 Å². The minimum Gasteiger partial charge on any atom is -0.497 e. The third-order valence-electron chi connectivity index (χ3n) is 3.47. The Balaban J connectivity index is 2.04. The van der Waals surface area contributed by atoms with Crippen LogP contribution in [0, 0.1) is 0 Å². The lowest BCUT2D eigenvalue weighted by molar-refractivity contribution is -0.117. The molecule has 0 bridgehead atoms. The molecule has 5 nitrogen and oxygen atoms in total. The van der Waals surface area contributed by atoms with Crippen LogP contribution in [-0.2, 0) is 11.3 Å². The van der Waals surface area contributed by atoms with Crippen molar-refractivity contribution in [2.45, 2.75) is 13.5 Å². The van der Waals surface area contributed by atoms with Gasteiger partial charge in [0.2, 0.25) is 5.91 Å². The van der Waals surface area contributed by atoms with E-state index >= 15 is 0 Å². The van der Waals surface area contributed by atoms with Gasteiger partial charge in [0.25, 0.3) is 0 Å². The van der Waals surface area contributed by atoms with Gasteiger partial charge in [-0.1, -0.05) is 0 Å². The Kier molecular flexibility index (Phi) is 4.63. The Morgan fingerprint density at radius 2 is 2.05 bits per heavy atom. The summed E-state index contributed by atoms with van der Waals surface area (Å²) in [5, 5.41) is 6.04. The van der Waals surface area contributed by atoms with Crippen LogP contribution in [0.1, 0.15) is 12.5 Å². The number of rotatable bonds is 5. The second-order valence-electron chi connectivity index (χ2n) is 4.69. The summed E-state index contributed by atoms with van der Waals surface area (Å²) in [7, 11) is 3.22. The number of methoxy groups -OCH3 is 2. The number of hydrogen-bond acceptors (Lipinski definition) is 4. The summed E-state index contributed by atoms with van der Waals surface area (Å²) >= 11 is 0. The molecule has 0 unspecified atom stereocenters. The quantitative estimate of drug-likeness (QED) is 0.794. The molecule has 1 aliphatic heterocycles. The van der Waals surface area contributed by atoms with Crippen molar-refractivity contribution in [1.29, 1.82) is 0 Å². The van der Waals surface area contributed by atoms with Crippen LogP contribution in [0.4, 0.5) is 0 Å². The van der Waals surface area contributed by atoms with E-state index in [4.69, 9.17) is 9.47 Å². The predicted molar refractivity (Wildman–Crippen MR) is 77.0 cm³/mol. The van der Waals surface area contributed by atoms with Gasteiger partial charge in [0.1, 0.15) is 11.5 Å². The van der Waals surface area contributed by atoms with Crippen LogP contribution < -0.4 is 20.1 Å². The molecule has 1 heterocycles. The first kappa shape index (κ1) is 14.4.